The molecule has 0 N–H and O–H groups in total. The molecule has 0 aromatic heterocycles. The minimum atomic E-state index is -4.28. The van der Waals surface area contributed by atoms with Crippen LogP contribution in [0, 0.1) is 13.8 Å². The number of hydrogen-bond donors (Lipinski definition) is 0. The van der Waals surface area contributed by atoms with Crippen LogP contribution in [0.15, 0.2) is 102 Å². The molecule has 0 heterocycles. The predicted octanol–water partition coefficient (Wildman–Crippen LogP) is 6.86. The van der Waals surface area contributed by atoms with Crippen molar-refractivity contribution in [3.63, 3.8) is 0 Å². The van der Waals surface area contributed by atoms with Crippen LogP contribution >= 0.6 is 0 Å². The van der Waals surface area contributed by atoms with Crippen LogP contribution in [-0.4, -0.2) is 20.3 Å². The van der Waals surface area contributed by atoms with Crippen LogP contribution in [0.4, 0.5) is 5.69 Å². The first-order chi connectivity index (χ1) is 18.4. The lowest BCUT2D eigenvalue weighted by molar-refractivity contribution is 0.0734. The molecule has 0 unspecified atom stereocenters. The minimum absolute atomic E-state index is 0.00848. The lowest BCUT2D eigenvalue weighted by atomic mass is 9.87. The van der Waals surface area contributed by atoms with Crippen molar-refractivity contribution >= 4 is 27.6 Å². The van der Waals surface area contributed by atoms with Gasteiger partial charge in [-0.1, -0.05) is 68.3 Å². The zero-order valence-electron chi connectivity index (χ0n) is 22.6. The number of esters is 1. The Labute approximate surface area is 229 Å². The second kappa shape index (κ2) is 10.9. The highest BCUT2D eigenvalue weighted by Gasteiger charge is 2.32. The van der Waals surface area contributed by atoms with Gasteiger partial charge in [-0.05, 0) is 85.5 Å². The van der Waals surface area contributed by atoms with Crippen molar-refractivity contribution in [2.45, 2.75) is 44.9 Å². The number of hydrogen-bond acceptors (Lipinski definition) is 5. The van der Waals surface area contributed by atoms with Gasteiger partial charge < -0.3 is 4.74 Å². The first-order valence-electron chi connectivity index (χ1n) is 12.5. The molecule has 0 aliphatic carbocycles. The molecular formula is C32H31NO5S. The summed E-state index contributed by atoms with van der Waals surface area (Å²) in [5.41, 5.74) is 3.51. The predicted molar refractivity (Wildman–Crippen MR) is 153 cm³/mol. The summed E-state index contributed by atoms with van der Waals surface area (Å²) in [6.45, 7) is 9.92. The van der Waals surface area contributed by atoms with Gasteiger partial charge >= 0.3 is 5.97 Å². The molecule has 4 rings (SSSR count). The summed E-state index contributed by atoms with van der Waals surface area (Å²) in [5.74, 6) is -1.01. The van der Waals surface area contributed by atoms with Crippen molar-refractivity contribution < 1.29 is 22.7 Å². The summed E-state index contributed by atoms with van der Waals surface area (Å²) in [5, 5.41) is 0. The highest BCUT2D eigenvalue weighted by atomic mass is 32.2. The Morgan fingerprint density at radius 1 is 0.667 bits per heavy atom. The Balaban J connectivity index is 1.70. The molecule has 200 valence electrons. The highest BCUT2D eigenvalue weighted by Crippen LogP contribution is 2.30. The van der Waals surface area contributed by atoms with E-state index in [4.69, 9.17) is 4.74 Å². The molecular weight excluding hydrogens is 510 g/mol. The average molecular weight is 542 g/mol. The summed E-state index contributed by atoms with van der Waals surface area (Å²) in [7, 11) is -4.28. The van der Waals surface area contributed by atoms with E-state index in [-0.39, 0.29) is 27.3 Å². The Morgan fingerprint density at radius 2 is 1.15 bits per heavy atom. The molecule has 0 aliphatic heterocycles. The quantitative estimate of drug-likeness (QED) is 0.197. The van der Waals surface area contributed by atoms with E-state index >= 15 is 0 Å². The van der Waals surface area contributed by atoms with Crippen molar-refractivity contribution in [1.29, 1.82) is 0 Å². The summed E-state index contributed by atoms with van der Waals surface area (Å²) in [6, 6.07) is 26.1. The number of ether oxygens (including phenoxy) is 1. The number of benzene rings is 4. The van der Waals surface area contributed by atoms with Crippen LogP contribution in [0.1, 0.15) is 58.2 Å². The van der Waals surface area contributed by atoms with Gasteiger partial charge in [-0.3, -0.25) is 4.79 Å². The fraction of sp³-hybridized carbons (Fsp3) is 0.188. The van der Waals surface area contributed by atoms with Gasteiger partial charge in [-0.2, -0.15) is 4.31 Å². The Bertz CT molecular complexity index is 1580. The monoisotopic (exact) mass is 541 g/mol. The maximum Gasteiger partial charge on any atom is 0.343 e. The van der Waals surface area contributed by atoms with Crippen LogP contribution in [-0.2, 0) is 15.4 Å². The number of amides is 1. The molecule has 0 radical (unpaired) electrons. The number of rotatable bonds is 6. The van der Waals surface area contributed by atoms with Crippen molar-refractivity contribution in [2.24, 2.45) is 0 Å². The van der Waals surface area contributed by atoms with E-state index in [2.05, 4.69) is 0 Å². The number of nitrogens with zero attached hydrogens (tertiary/aromatic N) is 1. The average Bonchev–Trinajstić information content (AvgIpc) is 2.90. The number of anilines is 1. The van der Waals surface area contributed by atoms with E-state index in [9.17, 15) is 18.0 Å². The fourth-order valence-electron chi connectivity index (χ4n) is 3.92. The second-order valence-electron chi connectivity index (χ2n) is 10.5. The van der Waals surface area contributed by atoms with E-state index in [0.29, 0.717) is 5.56 Å². The third kappa shape index (κ3) is 6.26. The number of carbonyl (C=O) groups excluding carboxylic acids is 2. The molecule has 1 amide bonds. The van der Waals surface area contributed by atoms with Gasteiger partial charge in [0.25, 0.3) is 15.9 Å². The van der Waals surface area contributed by atoms with E-state index in [1.165, 1.54) is 36.4 Å². The fourth-order valence-corrected chi connectivity index (χ4v) is 5.33. The largest absolute Gasteiger partial charge is 0.423 e. The molecule has 0 saturated carbocycles. The molecule has 0 aliphatic rings. The Kier molecular flexibility index (Phi) is 7.74. The molecule has 4 aromatic rings. The Morgan fingerprint density at radius 3 is 1.64 bits per heavy atom. The molecule has 7 heteroatoms. The summed E-state index contributed by atoms with van der Waals surface area (Å²) in [6.07, 6.45) is 0. The highest BCUT2D eigenvalue weighted by molar-refractivity contribution is 7.93. The van der Waals surface area contributed by atoms with Gasteiger partial charge in [0.15, 0.2) is 0 Å². The van der Waals surface area contributed by atoms with Gasteiger partial charge in [-0.15, -0.1) is 0 Å². The first kappa shape index (κ1) is 27.8. The number of sulfonamides is 1. The molecule has 4 aromatic carbocycles. The second-order valence-corrected chi connectivity index (χ2v) is 12.3. The smallest absolute Gasteiger partial charge is 0.343 e. The van der Waals surface area contributed by atoms with Crippen LogP contribution in [0.5, 0.6) is 5.75 Å². The lowest BCUT2D eigenvalue weighted by Crippen LogP contribution is -2.37. The van der Waals surface area contributed by atoms with Crippen LogP contribution in [0.2, 0.25) is 0 Å². The normalized spacial score (nSPS) is 11.6. The lowest BCUT2D eigenvalue weighted by Gasteiger charge is -2.24. The summed E-state index contributed by atoms with van der Waals surface area (Å²) < 4.78 is 34.0. The SMILES string of the molecule is Cc1ccc(C(=O)Oc2ccc(N(C(=O)c3ccc(C)cc3)S(=O)(=O)c3ccc(C(C)(C)C)cc3)cc2)cc1. The summed E-state index contributed by atoms with van der Waals surface area (Å²) in [4.78, 5) is 26.2. The molecule has 0 spiro atoms. The van der Waals surface area contributed by atoms with E-state index in [1.807, 2.05) is 46.8 Å². The molecule has 39 heavy (non-hydrogen) atoms. The van der Waals surface area contributed by atoms with Crippen molar-refractivity contribution in [3.8, 4) is 5.75 Å². The van der Waals surface area contributed by atoms with Gasteiger partial charge in [0.1, 0.15) is 5.75 Å². The van der Waals surface area contributed by atoms with Crippen LogP contribution < -0.4 is 9.04 Å². The maximum absolute atomic E-state index is 13.9. The van der Waals surface area contributed by atoms with Crippen molar-refractivity contribution in [1.82, 2.24) is 0 Å². The molecule has 0 saturated heterocycles. The third-order valence-electron chi connectivity index (χ3n) is 6.31. The zero-order valence-corrected chi connectivity index (χ0v) is 23.5. The van der Waals surface area contributed by atoms with E-state index < -0.39 is 21.9 Å². The van der Waals surface area contributed by atoms with E-state index in [0.717, 1.165) is 21.0 Å². The molecule has 0 atom stereocenters. The molecule has 0 fully saturated rings. The third-order valence-corrected chi connectivity index (χ3v) is 8.04. The topological polar surface area (TPSA) is 80.8 Å². The standard InChI is InChI=1S/C32H31NO5S/c1-22-6-10-24(11-7-22)30(34)33(39(36,37)29-20-14-26(15-21-29)32(3,4)5)27-16-18-28(19-17-27)38-31(35)25-12-8-23(2)9-13-25/h6-21H,1-5H3. The number of aryl methyl sites for hydroxylation is 2. The zero-order chi connectivity index (χ0) is 28.4. The van der Waals surface area contributed by atoms with Gasteiger partial charge in [0.2, 0.25) is 0 Å². The van der Waals surface area contributed by atoms with Gasteiger partial charge in [-0.25, -0.2) is 13.2 Å². The molecule has 6 nitrogen and oxygen atoms in total. The number of carbonyl (C=O) groups is 2. The minimum Gasteiger partial charge on any atom is -0.423 e. The van der Waals surface area contributed by atoms with Crippen molar-refractivity contribution in [3.05, 3.63) is 125 Å². The Hall–Kier alpha value is -4.23. The van der Waals surface area contributed by atoms with Gasteiger partial charge in [0.05, 0.1) is 16.1 Å². The first-order valence-corrected chi connectivity index (χ1v) is 14.0. The van der Waals surface area contributed by atoms with Gasteiger partial charge in [0, 0.05) is 5.56 Å². The molecule has 0 bridgehead atoms. The van der Waals surface area contributed by atoms with Crippen molar-refractivity contribution in [2.75, 3.05) is 4.31 Å². The maximum atomic E-state index is 13.9. The van der Waals surface area contributed by atoms with Crippen LogP contribution in [0.25, 0.3) is 0 Å². The van der Waals surface area contributed by atoms with Crippen LogP contribution in [0.3, 0.4) is 0 Å². The summed E-state index contributed by atoms with van der Waals surface area (Å²) >= 11 is 0. The van der Waals surface area contributed by atoms with E-state index in [1.54, 1.807) is 48.5 Å².